The van der Waals surface area contributed by atoms with Crippen molar-refractivity contribution in [1.29, 1.82) is 0 Å². The van der Waals surface area contributed by atoms with Gasteiger partial charge in [0.25, 0.3) is 0 Å². The van der Waals surface area contributed by atoms with Crippen molar-refractivity contribution >= 4 is 23.4 Å². The standard InChI is InChI=1S/C26H31NO4.ClH/c1-2-3-5-10-26(27-15-13-20(28)14-16-27)30-21-11-12-24-22(17-21)23(29)18-25(31-24)19-8-6-4-7-9-19;/h4,6-9,11-12,17-18,20,26,28H,2-3,5,10,13-16H2,1H3;1H. The summed E-state index contributed by atoms with van der Waals surface area (Å²) >= 11 is 0. The average Bonchev–Trinajstić information content (AvgIpc) is 2.80. The monoisotopic (exact) mass is 457 g/mol. The zero-order valence-corrected chi connectivity index (χ0v) is 19.4. The first-order chi connectivity index (χ1) is 15.1. The molecule has 172 valence electrons. The number of ether oxygens (including phenoxy) is 1. The van der Waals surface area contributed by atoms with Crippen molar-refractivity contribution in [1.82, 2.24) is 4.90 Å². The molecule has 1 aliphatic heterocycles. The van der Waals surface area contributed by atoms with Gasteiger partial charge < -0.3 is 14.3 Å². The molecule has 0 bridgehead atoms. The van der Waals surface area contributed by atoms with Gasteiger partial charge in [-0.15, -0.1) is 12.4 Å². The number of fused-ring (bicyclic) bond motifs is 1. The van der Waals surface area contributed by atoms with Gasteiger partial charge in [-0.05, 0) is 43.9 Å². The van der Waals surface area contributed by atoms with E-state index >= 15 is 0 Å². The molecule has 1 unspecified atom stereocenters. The first kappa shape index (κ1) is 24.3. The van der Waals surface area contributed by atoms with Gasteiger partial charge in [-0.2, -0.15) is 0 Å². The van der Waals surface area contributed by atoms with Crippen LogP contribution in [0.2, 0.25) is 0 Å². The summed E-state index contributed by atoms with van der Waals surface area (Å²) < 4.78 is 12.4. The van der Waals surface area contributed by atoms with Crippen molar-refractivity contribution < 1.29 is 14.3 Å². The van der Waals surface area contributed by atoms with Crippen molar-refractivity contribution in [3.63, 3.8) is 0 Å². The van der Waals surface area contributed by atoms with Gasteiger partial charge in [0, 0.05) is 24.7 Å². The van der Waals surface area contributed by atoms with Crippen LogP contribution in [0.5, 0.6) is 5.75 Å². The number of halogens is 1. The summed E-state index contributed by atoms with van der Waals surface area (Å²) in [7, 11) is 0. The summed E-state index contributed by atoms with van der Waals surface area (Å²) in [6.45, 7) is 3.85. The molecule has 3 aromatic rings. The number of hydrogen-bond donors (Lipinski definition) is 1. The number of aliphatic hydroxyl groups is 1. The van der Waals surface area contributed by atoms with E-state index in [9.17, 15) is 9.90 Å². The number of nitrogens with zero attached hydrogens (tertiary/aromatic N) is 1. The molecule has 6 heteroatoms. The Hall–Kier alpha value is -2.34. The Morgan fingerprint density at radius 2 is 1.84 bits per heavy atom. The van der Waals surface area contributed by atoms with Crippen molar-refractivity contribution in [3.05, 3.63) is 64.8 Å². The van der Waals surface area contributed by atoms with E-state index in [1.165, 1.54) is 6.42 Å². The fourth-order valence-electron chi connectivity index (χ4n) is 4.17. The van der Waals surface area contributed by atoms with E-state index in [4.69, 9.17) is 9.15 Å². The van der Waals surface area contributed by atoms with Crippen LogP contribution in [0.15, 0.2) is 63.8 Å². The topological polar surface area (TPSA) is 62.9 Å². The van der Waals surface area contributed by atoms with Crippen LogP contribution >= 0.6 is 12.4 Å². The number of benzene rings is 2. The molecular weight excluding hydrogens is 426 g/mol. The van der Waals surface area contributed by atoms with E-state index in [-0.39, 0.29) is 30.2 Å². The Morgan fingerprint density at radius 3 is 2.56 bits per heavy atom. The molecule has 1 atom stereocenters. The molecule has 1 saturated heterocycles. The third kappa shape index (κ3) is 5.91. The highest BCUT2D eigenvalue weighted by atomic mass is 35.5. The normalized spacial score (nSPS) is 15.9. The number of piperidine rings is 1. The van der Waals surface area contributed by atoms with Crippen LogP contribution < -0.4 is 10.2 Å². The quantitative estimate of drug-likeness (QED) is 0.444. The van der Waals surface area contributed by atoms with Gasteiger partial charge in [0.2, 0.25) is 0 Å². The Balaban J connectivity index is 0.00000289. The second-order valence-corrected chi connectivity index (χ2v) is 8.33. The van der Waals surface area contributed by atoms with Crippen LogP contribution in [0.1, 0.15) is 45.4 Å². The number of likely N-dealkylation sites (tertiary alicyclic amines) is 1. The predicted octanol–water partition coefficient (Wildman–Crippen LogP) is 5.62. The molecule has 32 heavy (non-hydrogen) atoms. The van der Waals surface area contributed by atoms with Gasteiger partial charge >= 0.3 is 0 Å². The highest BCUT2D eigenvalue weighted by molar-refractivity contribution is 5.85. The van der Waals surface area contributed by atoms with Crippen LogP contribution in [-0.4, -0.2) is 35.4 Å². The summed E-state index contributed by atoms with van der Waals surface area (Å²) in [6, 6.07) is 16.7. The van der Waals surface area contributed by atoms with Crippen molar-refractivity contribution in [2.75, 3.05) is 13.1 Å². The molecule has 0 spiro atoms. The third-order valence-electron chi connectivity index (χ3n) is 5.99. The Morgan fingerprint density at radius 1 is 1.09 bits per heavy atom. The molecule has 4 rings (SSSR count). The molecule has 1 aliphatic rings. The molecular formula is C26H32ClNO4. The number of aliphatic hydroxyl groups excluding tert-OH is 1. The SMILES string of the molecule is CCCCCC(Oc1ccc2oc(-c3ccccc3)cc(=O)c2c1)N1CCC(O)CC1.Cl. The lowest BCUT2D eigenvalue weighted by Crippen LogP contribution is -2.45. The number of unbranched alkanes of at least 4 members (excludes halogenated alkanes) is 2. The smallest absolute Gasteiger partial charge is 0.193 e. The van der Waals surface area contributed by atoms with Gasteiger partial charge in [-0.1, -0.05) is 50.1 Å². The zero-order valence-electron chi connectivity index (χ0n) is 18.5. The van der Waals surface area contributed by atoms with E-state index in [1.54, 1.807) is 12.1 Å². The first-order valence-corrected chi connectivity index (χ1v) is 11.4. The lowest BCUT2D eigenvalue weighted by Gasteiger charge is -2.36. The molecule has 0 amide bonds. The molecule has 2 heterocycles. The van der Waals surface area contributed by atoms with Gasteiger partial charge in [-0.3, -0.25) is 9.69 Å². The molecule has 1 N–H and O–H groups in total. The van der Waals surface area contributed by atoms with E-state index in [0.717, 1.165) is 50.8 Å². The van der Waals surface area contributed by atoms with E-state index in [2.05, 4.69) is 11.8 Å². The highest BCUT2D eigenvalue weighted by Gasteiger charge is 2.25. The van der Waals surface area contributed by atoms with Crippen molar-refractivity contribution in [3.8, 4) is 17.1 Å². The zero-order chi connectivity index (χ0) is 21.6. The van der Waals surface area contributed by atoms with Crippen molar-refractivity contribution in [2.24, 2.45) is 0 Å². The second-order valence-electron chi connectivity index (χ2n) is 8.33. The van der Waals surface area contributed by atoms with Gasteiger partial charge in [0.1, 0.15) is 17.1 Å². The number of hydrogen-bond acceptors (Lipinski definition) is 5. The maximum atomic E-state index is 12.8. The van der Waals surface area contributed by atoms with Gasteiger partial charge in [-0.25, -0.2) is 0 Å². The summed E-state index contributed by atoms with van der Waals surface area (Å²) in [5, 5.41) is 10.4. The van der Waals surface area contributed by atoms with E-state index in [1.807, 2.05) is 42.5 Å². The Kier molecular flexibility index (Phi) is 8.74. The van der Waals surface area contributed by atoms with E-state index < -0.39 is 0 Å². The fourth-order valence-corrected chi connectivity index (χ4v) is 4.17. The average molecular weight is 458 g/mol. The minimum absolute atomic E-state index is 0. The molecule has 2 aromatic carbocycles. The third-order valence-corrected chi connectivity index (χ3v) is 5.99. The molecule has 5 nitrogen and oxygen atoms in total. The summed E-state index contributed by atoms with van der Waals surface area (Å²) in [6.07, 6.45) is 5.64. The largest absolute Gasteiger partial charge is 0.475 e. The van der Waals surface area contributed by atoms with Crippen LogP contribution in [0.3, 0.4) is 0 Å². The lowest BCUT2D eigenvalue weighted by atomic mass is 10.1. The first-order valence-electron chi connectivity index (χ1n) is 11.4. The van der Waals surface area contributed by atoms with Crippen LogP contribution in [0, 0.1) is 0 Å². The van der Waals surface area contributed by atoms with Gasteiger partial charge in [0.05, 0.1) is 11.5 Å². The van der Waals surface area contributed by atoms with Gasteiger partial charge in [0.15, 0.2) is 11.7 Å². The van der Waals surface area contributed by atoms with Crippen LogP contribution in [0.25, 0.3) is 22.3 Å². The van der Waals surface area contributed by atoms with Crippen LogP contribution in [0.4, 0.5) is 0 Å². The summed E-state index contributed by atoms with van der Waals surface area (Å²) in [5.41, 5.74) is 1.36. The molecule has 0 saturated carbocycles. The Bertz CT molecular complexity index is 1040. The predicted molar refractivity (Wildman–Crippen MR) is 131 cm³/mol. The van der Waals surface area contributed by atoms with E-state index in [0.29, 0.717) is 22.5 Å². The minimum atomic E-state index is -0.211. The summed E-state index contributed by atoms with van der Waals surface area (Å²) in [5.74, 6) is 1.25. The van der Waals surface area contributed by atoms with Crippen molar-refractivity contribution in [2.45, 2.75) is 57.8 Å². The van der Waals surface area contributed by atoms with Crippen LogP contribution in [-0.2, 0) is 0 Å². The number of rotatable bonds is 8. The highest BCUT2D eigenvalue weighted by Crippen LogP contribution is 2.27. The molecule has 1 aromatic heterocycles. The fraction of sp³-hybridized carbons (Fsp3) is 0.423. The molecule has 0 radical (unpaired) electrons. The second kappa shape index (κ2) is 11.5. The summed E-state index contributed by atoms with van der Waals surface area (Å²) in [4.78, 5) is 15.1. The maximum Gasteiger partial charge on any atom is 0.193 e. The minimum Gasteiger partial charge on any atom is -0.475 e. The molecule has 0 aliphatic carbocycles. The molecule has 1 fully saturated rings. The Labute approximate surface area is 195 Å². The lowest BCUT2D eigenvalue weighted by molar-refractivity contribution is -0.0223. The maximum absolute atomic E-state index is 12.8.